The van der Waals surface area contributed by atoms with Crippen molar-refractivity contribution in [2.24, 2.45) is 0 Å². The molecular weight excluding hydrogens is 539 g/mol. The first-order chi connectivity index (χ1) is 18.1. The molecule has 12 heteroatoms. The molecule has 3 aromatic rings. The topological polar surface area (TPSA) is 78.4 Å². The molecule has 4 rings (SSSR count). The average Bonchev–Trinajstić information content (AvgIpc) is 2.90. The summed E-state index contributed by atoms with van der Waals surface area (Å²) < 4.78 is 38.7. The van der Waals surface area contributed by atoms with Crippen LogP contribution in [0, 0.1) is 0 Å². The second-order valence-electron chi connectivity index (χ2n) is 8.75. The Labute approximate surface area is 227 Å². The molecule has 0 radical (unpaired) electrons. The van der Waals surface area contributed by atoms with Crippen molar-refractivity contribution in [2.45, 2.75) is 30.8 Å². The molecule has 7 nitrogen and oxygen atoms in total. The molecule has 0 spiro atoms. The standard InChI is InChI=1S/C26H25ClF3N5O2S/c1-17-15-34(10-11-35(17)24(37)19-7-3-2-4-8-19)22-13-21(27)32-25(33-22)38-16-23(36)31-14-18-6-5-9-20(12-18)26(28,29)30/h2-9,12-13,17H,10-11,14-16H2,1H3,(H,31,36). The summed E-state index contributed by atoms with van der Waals surface area (Å²) in [7, 11) is 0. The van der Waals surface area contributed by atoms with Gasteiger partial charge < -0.3 is 15.1 Å². The second-order valence-corrected chi connectivity index (χ2v) is 10.1. The lowest BCUT2D eigenvalue weighted by Crippen LogP contribution is -2.54. The highest BCUT2D eigenvalue weighted by Gasteiger charge is 2.31. The predicted molar refractivity (Wildman–Crippen MR) is 140 cm³/mol. The Morgan fingerprint density at radius 2 is 1.84 bits per heavy atom. The smallest absolute Gasteiger partial charge is 0.353 e. The minimum absolute atomic E-state index is 0.0224. The Hall–Kier alpha value is -3.31. The second kappa shape index (κ2) is 12.0. The number of nitrogens with one attached hydrogen (secondary N) is 1. The van der Waals surface area contributed by atoms with Crippen LogP contribution in [0.2, 0.25) is 5.15 Å². The average molecular weight is 564 g/mol. The van der Waals surface area contributed by atoms with Crippen molar-refractivity contribution in [3.8, 4) is 0 Å². The zero-order chi connectivity index (χ0) is 27.3. The lowest BCUT2D eigenvalue weighted by molar-refractivity contribution is -0.137. The Bertz CT molecular complexity index is 1300. The van der Waals surface area contributed by atoms with Crippen LogP contribution in [-0.4, -0.2) is 58.1 Å². The molecule has 1 aromatic heterocycles. The maximum atomic E-state index is 12.9. The molecule has 1 unspecified atom stereocenters. The van der Waals surface area contributed by atoms with Gasteiger partial charge in [0.05, 0.1) is 11.3 Å². The van der Waals surface area contributed by atoms with Crippen LogP contribution >= 0.6 is 23.4 Å². The molecule has 0 aliphatic carbocycles. The Morgan fingerprint density at radius 3 is 2.55 bits per heavy atom. The lowest BCUT2D eigenvalue weighted by atomic mass is 10.1. The lowest BCUT2D eigenvalue weighted by Gasteiger charge is -2.40. The molecule has 1 atom stereocenters. The van der Waals surface area contributed by atoms with Gasteiger partial charge in [0.15, 0.2) is 5.16 Å². The van der Waals surface area contributed by atoms with Gasteiger partial charge in [-0.05, 0) is 36.8 Å². The maximum absolute atomic E-state index is 12.9. The van der Waals surface area contributed by atoms with Gasteiger partial charge >= 0.3 is 6.18 Å². The normalized spacial score (nSPS) is 15.9. The molecule has 0 saturated carbocycles. The number of halogens is 4. The predicted octanol–water partition coefficient (Wildman–Crippen LogP) is 4.91. The SMILES string of the molecule is CC1CN(c2cc(Cl)nc(SCC(=O)NCc3cccc(C(F)(F)F)c3)n2)CCN1C(=O)c1ccccc1. The van der Waals surface area contributed by atoms with E-state index in [2.05, 4.69) is 15.3 Å². The van der Waals surface area contributed by atoms with Gasteiger partial charge in [-0.3, -0.25) is 9.59 Å². The van der Waals surface area contributed by atoms with E-state index in [9.17, 15) is 22.8 Å². The van der Waals surface area contributed by atoms with Crippen molar-refractivity contribution in [3.05, 3.63) is 82.5 Å². The van der Waals surface area contributed by atoms with Crippen molar-refractivity contribution in [1.82, 2.24) is 20.2 Å². The van der Waals surface area contributed by atoms with Gasteiger partial charge in [0, 0.05) is 43.9 Å². The number of aromatic nitrogens is 2. The van der Waals surface area contributed by atoms with Crippen LogP contribution in [-0.2, 0) is 17.5 Å². The number of amides is 2. The van der Waals surface area contributed by atoms with Crippen LogP contribution in [0.5, 0.6) is 0 Å². The number of anilines is 1. The number of benzene rings is 2. The van der Waals surface area contributed by atoms with E-state index in [4.69, 9.17) is 11.6 Å². The summed E-state index contributed by atoms with van der Waals surface area (Å²) in [6.45, 7) is 3.55. The van der Waals surface area contributed by atoms with Crippen molar-refractivity contribution >= 4 is 41.0 Å². The minimum Gasteiger partial charge on any atom is -0.353 e. The molecule has 2 amide bonds. The van der Waals surface area contributed by atoms with Gasteiger partial charge in [0.2, 0.25) is 5.91 Å². The van der Waals surface area contributed by atoms with Gasteiger partial charge in [-0.25, -0.2) is 9.97 Å². The Morgan fingerprint density at radius 1 is 1.08 bits per heavy atom. The molecule has 1 N–H and O–H groups in total. The fraction of sp³-hybridized carbons (Fsp3) is 0.308. The first kappa shape index (κ1) is 27.7. The summed E-state index contributed by atoms with van der Waals surface area (Å²) in [4.78, 5) is 37.8. The van der Waals surface area contributed by atoms with E-state index >= 15 is 0 Å². The summed E-state index contributed by atoms with van der Waals surface area (Å²) in [5.41, 5.74) is 0.222. The summed E-state index contributed by atoms with van der Waals surface area (Å²) in [6, 6.07) is 15.5. The highest BCUT2D eigenvalue weighted by Crippen LogP contribution is 2.29. The number of carbonyl (C=O) groups excluding carboxylic acids is 2. The molecule has 2 heterocycles. The quantitative estimate of drug-likeness (QED) is 0.250. The molecule has 0 bridgehead atoms. The number of hydrogen-bond acceptors (Lipinski definition) is 6. The van der Waals surface area contributed by atoms with Crippen LogP contribution in [0.4, 0.5) is 19.0 Å². The number of rotatable bonds is 7. The Kier molecular flexibility index (Phi) is 8.78. The van der Waals surface area contributed by atoms with Crippen molar-refractivity contribution in [2.75, 3.05) is 30.3 Å². The molecule has 1 fully saturated rings. The van der Waals surface area contributed by atoms with E-state index in [0.29, 0.717) is 41.7 Å². The van der Waals surface area contributed by atoms with Crippen LogP contribution in [0.3, 0.4) is 0 Å². The van der Waals surface area contributed by atoms with E-state index in [1.807, 2.05) is 34.9 Å². The van der Waals surface area contributed by atoms with Gasteiger partial charge in [-0.15, -0.1) is 0 Å². The number of thioether (sulfide) groups is 1. The first-order valence-electron chi connectivity index (χ1n) is 11.8. The summed E-state index contributed by atoms with van der Waals surface area (Å²) in [6.07, 6.45) is -4.45. The molecule has 38 heavy (non-hydrogen) atoms. The van der Waals surface area contributed by atoms with Crippen LogP contribution in [0.15, 0.2) is 65.8 Å². The van der Waals surface area contributed by atoms with Gasteiger partial charge in [-0.2, -0.15) is 13.2 Å². The number of alkyl halides is 3. The van der Waals surface area contributed by atoms with Gasteiger partial charge in [0.1, 0.15) is 11.0 Å². The number of nitrogens with zero attached hydrogens (tertiary/aromatic N) is 4. The van der Waals surface area contributed by atoms with E-state index in [0.717, 1.165) is 23.9 Å². The van der Waals surface area contributed by atoms with Crippen LogP contribution in [0.1, 0.15) is 28.4 Å². The molecule has 1 aliphatic rings. The van der Waals surface area contributed by atoms with Gasteiger partial charge in [0.25, 0.3) is 5.91 Å². The number of piperazine rings is 1. The number of carbonyl (C=O) groups is 2. The van der Waals surface area contributed by atoms with E-state index in [-0.39, 0.29) is 35.3 Å². The van der Waals surface area contributed by atoms with E-state index in [1.165, 1.54) is 12.1 Å². The highest BCUT2D eigenvalue weighted by molar-refractivity contribution is 7.99. The van der Waals surface area contributed by atoms with Crippen molar-refractivity contribution < 1.29 is 22.8 Å². The third-order valence-electron chi connectivity index (χ3n) is 5.97. The van der Waals surface area contributed by atoms with Crippen LogP contribution in [0.25, 0.3) is 0 Å². The maximum Gasteiger partial charge on any atom is 0.416 e. The zero-order valence-electron chi connectivity index (χ0n) is 20.4. The molecule has 1 aliphatic heterocycles. The molecular formula is C26H25ClF3N5O2S. The van der Waals surface area contributed by atoms with Crippen molar-refractivity contribution in [3.63, 3.8) is 0 Å². The van der Waals surface area contributed by atoms with E-state index < -0.39 is 11.7 Å². The summed E-state index contributed by atoms with van der Waals surface area (Å²) >= 11 is 7.30. The fourth-order valence-corrected chi connectivity index (χ4v) is 4.98. The zero-order valence-corrected chi connectivity index (χ0v) is 22.0. The van der Waals surface area contributed by atoms with E-state index in [1.54, 1.807) is 18.2 Å². The Balaban J connectivity index is 1.32. The minimum atomic E-state index is -4.45. The third-order valence-corrected chi connectivity index (χ3v) is 7.01. The molecule has 200 valence electrons. The summed E-state index contributed by atoms with van der Waals surface area (Å²) in [5, 5.41) is 3.13. The monoisotopic (exact) mass is 563 g/mol. The molecule has 1 saturated heterocycles. The third kappa shape index (κ3) is 7.16. The largest absolute Gasteiger partial charge is 0.416 e. The highest BCUT2D eigenvalue weighted by atomic mass is 35.5. The first-order valence-corrected chi connectivity index (χ1v) is 13.2. The number of hydrogen-bond donors (Lipinski definition) is 1. The fourth-order valence-electron chi connectivity index (χ4n) is 4.07. The van der Waals surface area contributed by atoms with Crippen molar-refractivity contribution in [1.29, 1.82) is 0 Å². The molecule has 2 aromatic carbocycles. The van der Waals surface area contributed by atoms with Gasteiger partial charge in [-0.1, -0.05) is 53.7 Å². The summed E-state index contributed by atoms with van der Waals surface area (Å²) in [5.74, 6) is 0.162. The van der Waals surface area contributed by atoms with Crippen LogP contribution < -0.4 is 10.2 Å².